The first kappa shape index (κ1) is 14.6. The Kier molecular flexibility index (Phi) is 4.13. The van der Waals surface area contributed by atoms with Gasteiger partial charge in [-0.15, -0.1) is 0 Å². The maximum atomic E-state index is 12.9. The van der Waals surface area contributed by atoms with Crippen molar-refractivity contribution in [3.63, 3.8) is 0 Å². The number of aromatic nitrogens is 2. The summed E-state index contributed by atoms with van der Waals surface area (Å²) in [5.41, 5.74) is 0.684. The van der Waals surface area contributed by atoms with Crippen LogP contribution < -0.4 is 0 Å². The molecule has 0 aliphatic rings. The number of hydrogen-bond acceptors (Lipinski definition) is 2. The molecule has 2 rings (SSSR count). The molecule has 0 spiro atoms. The molecule has 0 aliphatic carbocycles. The molecule has 0 saturated heterocycles. The van der Waals surface area contributed by atoms with Crippen LogP contribution in [0.5, 0.6) is 0 Å². The van der Waals surface area contributed by atoms with Gasteiger partial charge >= 0.3 is 6.18 Å². The molecule has 20 heavy (non-hydrogen) atoms. The molecule has 0 radical (unpaired) electrons. The largest absolute Gasteiger partial charge is 0.416 e. The molecule has 0 aliphatic heterocycles. The molecule has 1 aromatic heterocycles. The van der Waals surface area contributed by atoms with Crippen LogP contribution in [0, 0.1) is 0 Å². The molecule has 1 heterocycles. The minimum Gasteiger partial charge on any atom is -0.298 e. The summed E-state index contributed by atoms with van der Waals surface area (Å²) in [4.78, 5) is 1.83. The summed E-state index contributed by atoms with van der Waals surface area (Å²) < 4.78 is 40.4. The third-order valence-corrected chi connectivity index (χ3v) is 2.97. The van der Waals surface area contributed by atoms with E-state index >= 15 is 0 Å². The minimum atomic E-state index is -4.31. The van der Waals surface area contributed by atoms with Crippen molar-refractivity contribution in [3.8, 4) is 0 Å². The number of hydrogen-bond donors (Lipinski definition) is 0. The second-order valence-corrected chi connectivity index (χ2v) is 4.85. The second kappa shape index (κ2) is 5.66. The third kappa shape index (κ3) is 3.60. The van der Waals surface area contributed by atoms with Gasteiger partial charge in [0.2, 0.25) is 0 Å². The molecular weight excluding hydrogens is 267 g/mol. The molecule has 108 valence electrons. The van der Waals surface area contributed by atoms with Gasteiger partial charge in [0.05, 0.1) is 11.8 Å². The molecule has 1 aromatic carbocycles. The van der Waals surface area contributed by atoms with E-state index in [1.165, 1.54) is 12.1 Å². The molecule has 0 unspecified atom stereocenters. The van der Waals surface area contributed by atoms with Gasteiger partial charge in [0, 0.05) is 31.9 Å². The standard InChI is InChI=1S/C14H16F3N3/c1-19(8-11-7-18-20(2)9-11)10-12-5-3-4-6-13(12)14(15,16)17/h3-7,9H,8,10H2,1-2H3. The highest BCUT2D eigenvalue weighted by Crippen LogP contribution is 2.32. The normalized spacial score (nSPS) is 12.1. The Morgan fingerprint density at radius 1 is 1.20 bits per heavy atom. The molecule has 2 aromatic rings. The Morgan fingerprint density at radius 3 is 2.50 bits per heavy atom. The fourth-order valence-electron chi connectivity index (χ4n) is 2.15. The second-order valence-electron chi connectivity index (χ2n) is 4.85. The van der Waals surface area contributed by atoms with Crippen molar-refractivity contribution < 1.29 is 13.2 Å². The lowest BCUT2D eigenvalue weighted by Crippen LogP contribution is -2.20. The number of halogens is 3. The van der Waals surface area contributed by atoms with Crippen LogP contribution in [0.3, 0.4) is 0 Å². The number of alkyl halides is 3. The van der Waals surface area contributed by atoms with Crippen molar-refractivity contribution in [2.75, 3.05) is 7.05 Å². The Morgan fingerprint density at radius 2 is 1.90 bits per heavy atom. The lowest BCUT2D eigenvalue weighted by atomic mass is 10.1. The molecule has 0 N–H and O–H groups in total. The van der Waals surface area contributed by atoms with Gasteiger partial charge < -0.3 is 0 Å². The summed E-state index contributed by atoms with van der Waals surface area (Å²) >= 11 is 0. The van der Waals surface area contributed by atoms with Crippen LogP contribution in [0.25, 0.3) is 0 Å². The Bertz CT molecular complexity index is 575. The summed E-state index contributed by atoms with van der Waals surface area (Å²) in [5, 5.41) is 4.04. The van der Waals surface area contributed by atoms with E-state index in [2.05, 4.69) is 5.10 Å². The van der Waals surface area contributed by atoms with E-state index in [-0.39, 0.29) is 12.1 Å². The quantitative estimate of drug-likeness (QED) is 0.860. The molecule has 0 amide bonds. The molecule has 0 saturated carbocycles. The zero-order chi connectivity index (χ0) is 14.8. The predicted octanol–water partition coefficient (Wildman–Crippen LogP) is 3.07. The predicted molar refractivity (Wildman–Crippen MR) is 69.8 cm³/mol. The average molecular weight is 283 g/mol. The number of benzene rings is 1. The fourth-order valence-corrected chi connectivity index (χ4v) is 2.15. The summed E-state index contributed by atoms with van der Waals surface area (Å²) in [6.45, 7) is 0.796. The fraction of sp³-hybridized carbons (Fsp3) is 0.357. The molecule has 0 atom stereocenters. The van der Waals surface area contributed by atoms with Gasteiger partial charge in [-0.3, -0.25) is 9.58 Å². The van der Waals surface area contributed by atoms with E-state index in [9.17, 15) is 13.2 Å². The van der Waals surface area contributed by atoms with Crippen molar-refractivity contribution in [1.29, 1.82) is 0 Å². The smallest absolute Gasteiger partial charge is 0.298 e. The zero-order valence-corrected chi connectivity index (χ0v) is 11.4. The van der Waals surface area contributed by atoms with E-state index in [0.29, 0.717) is 6.54 Å². The zero-order valence-electron chi connectivity index (χ0n) is 11.4. The van der Waals surface area contributed by atoms with Gasteiger partial charge in [0.1, 0.15) is 0 Å². The van der Waals surface area contributed by atoms with Crippen molar-refractivity contribution in [1.82, 2.24) is 14.7 Å². The lowest BCUT2D eigenvalue weighted by Gasteiger charge is -2.19. The Balaban J connectivity index is 2.10. The Hall–Kier alpha value is -1.82. The van der Waals surface area contributed by atoms with E-state index in [0.717, 1.165) is 11.6 Å². The van der Waals surface area contributed by atoms with Gasteiger partial charge in [0.15, 0.2) is 0 Å². The van der Waals surface area contributed by atoms with Crippen LogP contribution in [-0.2, 0) is 26.3 Å². The summed E-state index contributed by atoms with van der Waals surface area (Å²) in [6.07, 6.45) is -0.746. The van der Waals surface area contributed by atoms with Gasteiger partial charge in [-0.25, -0.2) is 0 Å². The highest BCUT2D eigenvalue weighted by molar-refractivity contribution is 5.29. The molecule has 3 nitrogen and oxygen atoms in total. The highest BCUT2D eigenvalue weighted by atomic mass is 19.4. The number of aryl methyl sites for hydroxylation is 1. The van der Waals surface area contributed by atoms with E-state index in [4.69, 9.17) is 0 Å². The first-order valence-corrected chi connectivity index (χ1v) is 6.17. The lowest BCUT2D eigenvalue weighted by molar-refractivity contribution is -0.138. The summed E-state index contributed by atoms with van der Waals surface area (Å²) in [7, 11) is 3.60. The van der Waals surface area contributed by atoms with E-state index < -0.39 is 11.7 Å². The van der Waals surface area contributed by atoms with Crippen molar-refractivity contribution in [2.24, 2.45) is 7.05 Å². The summed E-state index contributed by atoms with van der Waals surface area (Å²) in [6, 6.07) is 5.67. The molecule has 0 bridgehead atoms. The number of rotatable bonds is 4. The maximum Gasteiger partial charge on any atom is 0.416 e. The first-order valence-electron chi connectivity index (χ1n) is 6.17. The van der Waals surface area contributed by atoms with Crippen molar-refractivity contribution in [3.05, 3.63) is 53.3 Å². The highest BCUT2D eigenvalue weighted by Gasteiger charge is 2.32. The SMILES string of the molecule is CN(Cc1cnn(C)c1)Cc1ccccc1C(F)(F)F. The van der Waals surface area contributed by atoms with Crippen molar-refractivity contribution >= 4 is 0 Å². The minimum absolute atomic E-state index is 0.241. The van der Waals surface area contributed by atoms with Crippen molar-refractivity contribution in [2.45, 2.75) is 19.3 Å². The maximum absolute atomic E-state index is 12.9. The topological polar surface area (TPSA) is 21.1 Å². The van der Waals surface area contributed by atoms with E-state index in [1.807, 2.05) is 18.1 Å². The van der Waals surface area contributed by atoms with Gasteiger partial charge in [-0.05, 0) is 18.7 Å². The van der Waals surface area contributed by atoms with Crippen LogP contribution in [0.15, 0.2) is 36.7 Å². The van der Waals surface area contributed by atoms with Crippen LogP contribution in [0.2, 0.25) is 0 Å². The van der Waals surface area contributed by atoms with Gasteiger partial charge in [-0.2, -0.15) is 18.3 Å². The van der Waals surface area contributed by atoms with Gasteiger partial charge in [0.25, 0.3) is 0 Å². The number of nitrogens with zero attached hydrogens (tertiary/aromatic N) is 3. The molecule has 0 fully saturated rings. The van der Waals surface area contributed by atoms with Crippen LogP contribution in [-0.4, -0.2) is 21.7 Å². The summed E-state index contributed by atoms with van der Waals surface area (Å²) in [5.74, 6) is 0. The monoisotopic (exact) mass is 283 g/mol. The average Bonchev–Trinajstić information content (AvgIpc) is 2.73. The third-order valence-electron chi connectivity index (χ3n) is 2.97. The van der Waals surface area contributed by atoms with E-state index in [1.54, 1.807) is 24.0 Å². The van der Waals surface area contributed by atoms with Crippen LogP contribution in [0.4, 0.5) is 13.2 Å². The van der Waals surface area contributed by atoms with Crippen LogP contribution in [0.1, 0.15) is 16.7 Å². The first-order chi connectivity index (χ1) is 9.36. The van der Waals surface area contributed by atoms with Crippen LogP contribution >= 0.6 is 0 Å². The molecular formula is C14H16F3N3. The van der Waals surface area contributed by atoms with Gasteiger partial charge in [-0.1, -0.05) is 18.2 Å². The Labute approximate surface area is 115 Å². The molecule has 6 heteroatoms.